The number of sulfonamides is 1. The topological polar surface area (TPSA) is 103 Å². The first-order valence-corrected chi connectivity index (χ1v) is 13.0. The van der Waals surface area contributed by atoms with Crippen molar-refractivity contribution in [1.82, 2.24) is 9.88 Å². The van der Waals surface area contributed by atoms with Gasteiger partial charge in [-0.2, -0.15) is 0 Å². The van der Waals surface area contributed by atoms with Crippen molar-refractivity contribution >= 4 is 39.0 Å². The molecule has 2 aromatic carbocycles. The van der Waals surface area contributed by atoms with Gasteiger partial charge in [0, 0.05) is 35.3 Å². The second-order valence-corrected chi connectivity index (χ2v) is 11.4. The number of hydrogen-bond donors (Lipinski definition) is 2. The average molecular weight is 543 g/mol. The molecule has 3 aromatic rings. The molecule has 0 aliphatic heterocycles. The molecule has 0 saturated carbocycles. The third-order valence-corrected chi connectivity index (χ3v) is 7.84. The van der Waals surface area contributed by atoms with E-state index < -0.39 is 44.3 Å². The molecular formula is C23H25F3N4O4S2. The number of halogens is 3. The first kappa shape index (κ1) is 27.4. The third-order valence-electron chi connectivity index (χ3n) is 5.54. The normalized spacial score (nSPS) is 12.1. The van der Waals surface area contributed by atoms with Gasteiger partial charge in [0.1, 0.15) is 17.5 Å². The molecule has 1 amide bonds. The lowest BCUT2D eigenvalue weighted by Gasteiger charge is -2.32. The predicted octanol–water partition coefficient (Wildman–Crippen LogP) is 5.28. The van der Waals surface area contributed by atoms with Gasteiger partial charge >= 0.3 is 6.09 Å². The average Bonchev–Trinajstić information content (AvgIpc) is 3.25. The lowest BCUT2D eigenvalue weighted by atomic mass is 10.0. The van der Waals surface area contributed by atoms with E-state index in [1.807, 2.05) is 32.7 Å². The molecular weight excluding hydrogens is 517 g/mol. The van der Waals surface area contributed by atoms with Crippen LogP contribution in [0.1, 0.15) is 31.9 Å². The van der Waals surface area contributed by atoms with Crippen LogP contribution in [0.4, 0.5) is 29.5 Å². The van der Waals surface area contributed by atoms with E-state index in [-0.39, 0.29) is 27.6 Å². The fourth-order valence-corrected chi connectivity index (χ4v) is 5.19. The Labute approximate surface area is 211 Å². The number of thiazole rings is 1. The summed E-state index contributed by atoms with van der Waals surface area (Å²) < 4.78 is 69.9. The van der Waals surface area contributed by atoms with Crippen LogP contribution < -0.4 is 9.62 Å². The van der Waals surface area contributed by atoms with Crippen LogP contribution in [0.15, 0.2) is 46.1 Å². The van der Waals surface area contributed by atoms with Crippen LogP contribution in [0.2, 0.25) is 0 Å². The molecule has 2 N–H and O–H groups in total. The quantitative estimate of drug-likeness (QED) is 0.399. The summed E-state index contributed by atoms with van der Waals surface area (Å²) in [7, 11) is -3.29. The smallest absolute Gasteiger partial charge is 0.427 e. The Balaban J connectivity index is 1.90. The largest absolute Gasteiger partial charge is 0.464 e. The van der Waals surface area contributed by atoms with E-state index >= 15 is 0 Å². The monoisotopic (exact) mass is 542 g/mol. The number of anilines is 2. The van der Waals surface area contributed by atoms with E-state index in [0.717, 1.165) is 16.7 Å². The molecule has 0 aliphatic rings. The minimum atomic E-state index is -5.17. The summed E-state index contributed by atoms with van der Waals surface area (Å²) in [5.41, 5.74) is 1.79. The van der Waals surface area contributed by atoms with Crippen LogP contribution in [0.3, 0.4) is 0 Å². The van der Waals surface area contributed by atoms with Crippen LogP contribution in [0.25, 0.3) is 0 Å². The molecule has 1 heterocycles. The van der Waals surface area contributed by atoms with Gasteiger partial charge in [0.15, 0.2) is 10.7 Å². The van der Waals surface area contributed by atoms with Crippen molar-refractivity contribution in [2.75, 3.05) is 16.7 Å². The molecule has 0 atom stereocenters. The predicted molar refractivity (Wildman–Crippen MR) is 131 cm³/mol. The highest BCUT2D eigenvalue weighted by Crippen LogP contribution is 2.30. The molecule has 0 radical (unpaired) electrons. The zero-order valence-corrected chi connectivity index (χ0v) is 21.6. The minimum absolute atomic E-state index is 0.134. The first-order valence-electron chi connectivity index (χ1n) is 10.6. The van der Waals surface area contributed by atoms with Gasteiger partial charge in [-0.3, -0.25) is 4.90 Å². The lowest BCUT2D eigenvalue weighted by Crippen LogP contribution is -2.37. The molecule has 1 aromatic heterocycles. The maximum Gasteiger partial charge on any atom is 0.427 e. The van der Waals surface area contributed by atoms with E-state index in [4.69, 9.17) is 0 Å². The van der Waals surface area contributed by atoms with Gasteiger partial charge < -0.3 is 10.4 Å². The van der Waals surface area contributed by atoms with Gasteiger partial charge in [-0.25, -0.2) is 31.4 Å². The summed E-state index contributed by atoms with van der Waals surface area (Å²) in [5, 5.41) is 13.2. The highest BCUT2D eigenvalue weighted by Gasteiger charge is 2.37. The number of nitrogens with zero attached hydrogens (tertiary/aromatic N) is 3. The van der Waals surface area contributed by atoms with Gasteiger partial charge in [-0.05, 0) is 51.6 Å². The molecule has 36 heavy (non-hydrogen) atoms. The third kappa shape index (κ3) is 5.79. The second kappa shape index (κ2) is 10.4. The van der Waals surface area contributed by atoms with Gasteiger partial charge in [0.2, 0.25) is 0 Å². The number of carbonyl (C=O) groups is 1. The Hall–Kier alpha value is -3.16. The van der Waals surface area contributed by atoms with E-state index in [1.54, 1.807) is 12.1 Å². The van der Waals surface area contributed by atoms with Crippen molar-refractivity contribution < 1.29 is 31.5 Å². The highest BCUT2D eigenvalue weighted by atomic mass is 32.2. The van der Waals surface area contributed by atoms with E-state index in [9.17, 15) is 31.5 Å². The molecule has 0 spiro atoms. The van der Waals surface area contributed by atoms with Crippen LogP contribution in [-0.4, -0.2) is 42.1 Å². The molecule has 194 valence electrons. The van der Waals surface area contributed by atoms with Crippen molar-refractivity contribution in [3.63, 3.8) is 0 Å². The maximum absolute atomic E-state index is 14.9. The van der Waals surface area contributed by atoms with E-state index in [0.29, 0.717) is 24.2 Å². The highest BCUT2D eigenvalue weighted by molar-refractivity contribution is 7.93. The summed E-state index contributed by atoms with van der Waals surface area (Å²) in [5.74, 6) is -4.05. The summed E-state index contributed by atoms with van der Waals surface area (Å²) >= 11 is 0.907. The summed E-state index contributed by atoms with van der Waals surface area (Å²) in [6, 6.07) is 6.00. The summed E-state index contributed by atoms with van der Waals surface area (Å²) in [6.07, 6.45) is -1.98. The van der Waals surface area contributed by atoms with E-state index in [1.165, 1.54) is 11.6 Å². The Morgan fingerprint density at radius 2 is 1.78 bits per heavy atom. The van der Waals surface area contributed by atoms with Gasteiger partial charge in [-0.15, -0.1) is 15.6 Å². The van der Waals surface area contributed by atoms with Crippen molar-refractivity contribution in [3.8, 4) is 0 Å². The van der Waals surface area contributed by atoms with Crippen LogP contribution in [0, 0.1) is 17.5 Å². The number of rotatable bonds is 8. The first-order chi connectivity index (χ1) is 16.7. The number of hydrogen-bond acceptors (Lipinski definition) is 7. The zero-order chi connectivity index (χ0) is 26.8. The fraction of sp³-hybridized carbons (Fsp3) is 0.304. The number of aromatic nitrogens is 1. The molecule has 0 saturated heterocycles. The lowest BCUT2D eigenvalue weighted by molar-refractivity contribution is 0.167. The van der Waals surface area contributed by atoms with E-state index in [2.05, 4.69) is 10.3 Å². The summed E-state index contributed by atoms with van der Waals surface area (Å²) in [4.78, 5) is 15.8. The number of nitrogens with one attached hydrogen (secondary N) is 1. The molecule has 0 fully saturated rings. The number of amides is 1. The maximum atomic E-state index is 14.9. The Morgan fingerprint density at radius 1 is 1.14 bits per heavy atom. The molecule has 8 nitrogen and oxygen atoms in total. The summed E-state index contributed by atoms with van der Waals surface area (Å²) in [6.45, 7) is 6.30. The minimum Gasteiger partial charge on any atom is -0.464 e. The van der Waals surface area contributed by atoms with Crippen molar-refractivity contribution in [2.24, 2.45) is 0 Å². The molecule has 3 rings (SSSR count). The van der Waals surface area contributed by atoms with Gasteiger partial charge in [0.25, 0.3) is 10.0 Å². The molecule has 0 unspecified atom stereocenters. The van der Waals surface area contributed by atoms with Crippen LogP contribution in [0.5, 0.6) is 0 Å². The second-order valence-electron chi connectivity index (χ2n) is 8.93. The Bertz CT molecular complexity index is 1340. The van der Waals surface area contributed by atoms with Crippen molar-refractivity contribution in [1.29, 1.82) is 0 Å². The molecule has 0 bridgehead atoms. The molecule has 13 heteroatoms. The standard InChI is InChI=1S/C23H25F3N4O4S2/c1-23(2,3)29(4)11-14-6-5-7-17(24)16(14)10-27-15-8-18(25)21(19(26)9-15)36(33,34)30(22(31)32)20-12-35-13-28-20/h5-9,12-13,27H,10-11H2,1-4H3,(H,31,32). The fourth-order valence-electron chi connectivity index (χ4n) is 3.26. The Kier molecular flexibility index (Phi) is 7.96. The molecule has 0 aliphatic carbocycles. The van der Waals surface area contributed by atoms with Gasteiger partial charge in [0.05, 0.1) is 5.51 Å². The Morgan fingerprint density at radius 3 is 2.31 bits per heavy atom. The SMILES string of the molecule is CN(Cc1cccc(F)c1CNc1cc(F)c(S(=O)(=O)N(C(=O)O)c2cscn2)c(F)c1)C(C)(C)C. The van der Waals surface area contributed by atoms with Crippen LogP contribution >= 0.6 is 11.3 Å². The zero-order valence-electron chi connectivity index (χ0n) is 19.9. The number of carboxylic acid groups (broad SMARTS) is 1. The van der Waals surface area contributed by atoms with Crippen LogP contribution in [-0.2, 0) is 23.1 Å². The van der Waals surface area contributed by atoms with Crippen molar-refractivity contribution in [3.05, 3.63) is 69.8 Å². The van der Waals surface area contributed by atoms with Crippen molar-refractivity contribution in [2.45, 2.75) is 44.3 Å². The van der Waals surface area contributed by atoms with Gasteiger partial charge in [-0.1, -0.05) is 12.1 Å². The number of benzene rings is 2.